The molecule has 5 heteroatoms. The maximum absolute atomic E-state index is 9.56. The lowest BCUT2D eigenvalue weighted by atomic mass is 10.3. The summed E-state index contributed by atoms with van der Waals surface area (Å²) in [6.45, 7) is 4.14. The summed E-state index contributed by atoms with van der Waals surface area (Å²) in [6, 6.07) is 0. The molecule has 1 unspecified atom stereocenters. The van der Waals surface area contributed by atoms with Gasteiger partial charge >= 0.3 is 0 Å². The number of unbranched alkanes of at least 4 members (excludes halogenated alkanes) is 1. The average molecular weight is 248 g/mol. The highest BCUT2D eigenvalue weighted by Gasteiger charge is 2.02. The minimum Gasteiger partial charge on any atom is -0.389 e. The molecule has 0 amide bonds. The Bertz CT molecular complexity index is 157. The van der Waals surface area contributed by atoms with Crippen LogP contribution in [-0.4, -0.2) is 76.8 Å². The van der Waals surface area contributed by atoms with Crippen LogP contribution in [0.1, 0.15) is 12.8 Å². The molecule has 0 saturated carbocycles. The fourth-order valence-corrected chi connectivity index (χ4v) is 1.37. The number of hydrogen-bond acceptors (Lipinski definition) is 5. The molecule has 0 spiro atoms. The molecule has 0 radical (unpaired) electrons. The molecule has 5 nitrogen and oxygen atoms in total. The summed E-state index contributed by atoms with van der Waals surface area (Å²) in [5.74, 6) is 0. The van der Waals surface area contributed by atoms with E-state index in [9.17, 15) is 5.11 Å². The van der Waals surface area contributed by atoms with Crippen molar-refractivity contribution in [3.63, 3.8) is 0 Å². The van der Waals surface area contributed by atoms with Gasteiger partial charge in [0.2, 0.25) is 0 Å². The summed E-state index contributed by atoms with van der Waals surface area (Å²) in [4.78, 5) is 2.18. The van der Waals surface area contributed by atoms with Gasteiger partial charge in [-0.15, -0.1) is 0 Å². The molecule has 0 aliphatic rings. The highest BCUT2D eigenvalue weighted by atomic mass is 16.5. The Morgan fingerprint density at radius 3 is 2.65 bits per heavy atom. The molecular formula is C12H28N2O3. The Balaban J connectivity index is 3.13. The molecule has 0 rings (SSSR count). The van der Waals surface area contributed by atoms with Crippen molar-refractivity contribution in [3.05, 3.63) is 0 Å². The number of ether oxygens (including phenoxy) is 2. The average Bonchev–Trinajstić information content (AvgIpc) is 2.29. The Morgan fingerprint density at radius 2 is 2.00 bits per heavy atom. The quantitative estimate of drug-likeness (QED) is 0.474. The number of nitrogens with zero attached hydrogens (tertiary/aromatic N) is 1. The SMILES string of the molecule is COCCOCC(O)CNCCCCN(C)C. The molecule has 2 N–H and O–H groups in total. The van der Waals surface area contributed by atoms with Crippen LogP contribution in [0.25, 0.3) is 0 Å². The van der Waals surface area contributed by atoms with Crippen LogP contribution in [0.5, 0.6) is 0 Å². The van der Waals surface area contributed by atoms with Gasteiger partial charge in [-0.25, -0.2) is 0 Å². The van der Waals surface area contributed by atoms with Gasteiger partial charge in [-0.3, -0.25) is 0 Å². The minimum atomic E-state index is -0.430. The van der Waals surface area contributed by atoms with E-state index in [0.717, 1.165) is 19.5 Å². The molecule has 0 aliphatic heterocycles. The summed E-state index contributed by atoms with van der Waals surface area (Å²) in [6.07, 6.45) is 1.89. The number of methoxy groups -OCH3 is 1. The van der Waals surface area contributed by atoms with Crippen LogP contribution < -0.4 is 5.32 Å². The van der Waals surface area contributed by atoms with Crippen molar-refractivity contribution < 1.29 is 14.6 Å². The lowest BCUT2D eigenvalue weighted by Crippen LogP contribution is -2.31. The highest BCUT2D eigenvalue weighted by Crippen LogP contribution is 1.90. The van der Waals surface area contributed by atoms with Crippen molar-refractivity contribution in [1.29, 1.82) is 0 Å². The summed E-state index contributed by atoms with van der Waals surface area (Å²) in [5.41, 5.74) is 0. The Morgan fingerprint density at radius 1 is 1.24 bits per heavy atom. The molecule has 0 fully saturated rings. The van der Waals surface area contributed by atoms with Crippen molar-refractivity contribution in [2.24, 2.45) is 0 Å². The number of aliphatic hydroxyl groups excluding tert-OH is 1. The molecule has 0 aliphatic carbocycles. The number of hydrogen-bond donors (Lipinski definition) is 2. The second kappa shape index (κ2) is 12.3. The molecule has 17 heavy (non-hydrogen) atoms. The standard InChI is InChI=1S/C12H28N2O3/c1-14(2)7-5-4-6-13-10-12(15)11-17-9-8-16-3/h12-13,15H,4-11H2,1-3H3. The van der Waals surface area contributed by atoms with Gasteiger partial charge < -0.3 is 24.8 Å². The lowest BCUT2D eigenvalue weighted by molar-refractivity contribution is 0.0138. The first-order valence-electron chi connectivity index (χ1n) is 6.27. The Kier molecular flexibility index (Phi) is 12.1. The fraction of sp³-hybridized carbons (Fsp3) is 1.00. The maximum Gasteiger partial charge on any atom is 0.0897 e. The van der Waals surface area contributed by atoms with Crippen LogP contribution in [0.2, 0.25) is 0 Å². The molecule has 0 aromatic carbocycles. The van der Waals surface area contributed by atoms with Gasteiger partial charge in [0.15, 0.2) is 0 Å². The van der Waals surface area contributed by atoms with Gasteiger partial charge in [-0.2, -0.15) is 0 Å². The first-order chi connectivity index (χ1) is 8.16. The van der Waals surface area contributed by atoms with Crippen LogP contribution in [0.4, 0.5) is 0 Å². The third-order valence-electron chi connectivity index (χ3n) is 2.33. The van der Waals surface area contributed by atoms with Crippen molar-refractivity contribution in [1.82, 2.24) is 10.2 Å². The molecule has 0 heterocycles. The molecule has 0 aromatic heterocycles. The van der Waals surface area contributed by atoms with E-state index < -0.39 is 6.10 Å². The van der Waals surface area contributed by atoms with Crippen LogP contribution in [0, 0.1) is 0 Å². The summed E-state index contributed by atoms with van der Waals surface area (Å²) in [7, 11) is 5.79. The summed E-state index contributed by atoms with van der Waals surface area (Å²) < 4.78 is 10.1. The molecule has 1 atom stereocenters. The van der Waals surface area contributed by atoms with Crippen LogP contribution in [0.3, 0.4) is 0 Å². The van der Waals surface area contributed by atoms with Crippen molar-refractivity contribution in [2.75, 3.05) is 60.7 Å². The second-order valence-electron chi connectivity index (χ2n) is 4.44. The van der Waals surface area contributed by atoms with E-state index in [2.05, 4.69) is 24.3 Å². The van der Waals surface area contributed by atoms with Gasteiger partial charge in [-0.05, 0) is 40.0 Å². The van der Waals surface area contributed by atoms with Crippen molar-refractivity contribution in [3.8, 4) is 0 Å². The normalized spacial score (nSPS) is 13.2. The van der Waals surface area contributed by atoms with Gasteiger partial charge in [0.1, 0.15) is 0 Å². The van der Waals surface area contributed by atoms with E-state index in [1.807, 2.05) is 0 Å². The molecule has 0 aromatic rings. The molecule has 0 saturated heterocycles. The third kappa shape index (κ3) is 13.7. The molecule has 104 valence electrons. The van der Waals surface area contributed by atoms with E-state index in [1.54, 1.807) is 7.11 Å². The van der Waals surface area contributed by atoms with Gasteiger partial charge in [0.25, 0.3) is 0 Å². The summed E-state index contributed by atoms with van der Waals surface area (Å²) in [5, 5.41) is 12.8. The highest BCUT2D eigenvalue weighted by molar-refractivity contribution is 4.58. The van der Waals surface area contributed by atoms with Crippen LogP contribution >= 0.6 is 0 Å². The minimum absolute atomic E-state index is 0.369. The second-order valence-corrected chi connectivity index (χ2v) is 4.44. The summed E-state index contributed by atoms with van der Waals surface area (Å²) >= 11 is 0. The van der Waals surface area contributed by atoms with E-state index in [1.165, 1.54) is 6.42 Å². The van der Waals surface area contributed by atoms with E-state index in [0.29, 0.717) is 26.4 Å². The van der Waals surface area contributed by atoms with Gasteiger partial charge in [0, 0.05) is 13.7 Å². The van der Waals surface area contributed by atoms with E-state index >= 15 is 0 Å². The Labute approximate surface area is 105 Å². The predicted molar refractivity (Wildman–Crippen MR) is 69.4 cm³/mol. The van der Waals surface area contributed by atoms with Crippen molar-refractivity contribution in [2.45, 2.75) is 18.9 Å². The molecular weight excluding hydrogens is 220 g/mol. The largest absolute Gasteiger partial charge is 0.389 e. The zero-order chi connectivity index (χ0) is 12.9. The van der Waals surface area contributed by atoms with E-state index in [-0.39, 0.29) is 0 Å². The smallest absolute Gasteiger partial charge is 0.0897 e. The van der Waals surface area contributed by atoms with Crippen LogP contribution in [-0.2, 0) is 9.47 Å². The predicted octanol–water partition coefficient (Wildman–Crippen LogP) is -0.0583. The number of rotatable bonds is 12. The lowest BCUT2D eigenvalue weighted by Gasteiger charge is -2.13. The van der Waals surface area contributed by atoms with Gasteiger partial charge in [0.05, 0.1) is 25.9 Å². The topological polar surface area (TPSA) is 54.0 Å². The molecule has 0 bridgehead atoms. The first-order valence-corrected chi connectivity index (χ1v) is 6.27. The first kappa shape index (κ1) is 16.8. The van der Waals surface area contributed by atoms with Crippen LogP contribution in [0.15, 0.2) is 0 Å². The monoisotopic (exact) mass is 248 g/mol. The maximum atomic E-state index is 9.56. The van der Waals surface area contributed by atoms with Crippen molar-refractivity contribution >= 4 is 0 Å². The number of nitrogens with one attached hydrogen (secondary N) is 1. The van der Waals surface area contributed by atoms with Gasteiger partial charge in [-0.1, -0.05) is 0 Å². The zero-order valence-corrected chi connectivity index (χ0v) is 11.4. The Hall–Kier alpha value is -0.200. The fourth-order valence-electron chi connectivity index (χ4n) is 1.37. The van der Waals surface area contributed by atoms with E-state index in [4.69, 9.17) is 9.47 Å². The number of aliphatic hydroxyl groups is 1. The third-order valence-corrected chi connectivity index (χ3v) is 2.33. The zero-order valence-electron chi connectivity index (χ0n) is 11.4.